The number of aliphatic imine (C=N–C) groups is 1. The molecule has 0 unspecified atom stereocenters. The summed E-state index contributed by atoms with van der Waals surface area (Å²) in [5.41, 5.74) is 4.78. The Bertz CT molecular complexity index is 842. The van der Waals surface area contributed by atoms with Crippen LogP contribution in [0.3, 0.4) is 0 Å². The lowest BCUT2D eigenvalue weighted by Crippen LogP contribution is -2.13. The number of hydrogen-bond acceptors (Lipinski definition) is 4. The molecule has 0 radical (unpaired) electrons. The Kier molecular flexibility index (Phi) is 5.75. The van der Waals surface area contributed by atoms with Crippen LogP contribution in [0.15, 0.2) is 66.2 Å². The maximum Gasteiger partial charge on any atom is 0.104 e. The van der Waals surface area contributed by atoms with Gasteiger partial charge in [-0.3, -0.25) is 4.99 Å². The summed E-state index contributed by atoms with van der Waals surface area (Å²) < 4.78 is 0. The van der Waals surface area contributed by atoms with Gasteiger partial charge in [0.2, 0.25) is 0 Å². The molecular weight excluding hydrogens is 308 g/mol. The minimum absolute atomic E-state index is 0.488. The Morgan fingerprint density at radius 2 is 1.84 bits per heavy atom. The van der Waals surface area contributed by atoms with Gasteiger partial charge in [-0.05, 0) is 37.1 Å². The molecule has 0 fully saturated rings. The monoisotopic (exact) mass is 330 g/mol. The SMILES string of the molecule is C=C/C=C(/c1cc(C#N)c(N=C)c(N(C)c2ccccc2)c1)N(C)C. The van der Waals surface area contributed by atoms with Crippen molar-refractivity contribution in [1.29, 1.82) is 5.26 Å². The Morgan fingerprint density at radius 1 is 1.16 bits per heavy atom. The zero-order chi connectivity index (χ0) is 18.4. The van der Waals surface area contributed by atoms with Crippen LogP contribution in [0.25, 0.3) is 5.70 Å². The van der Waals surface area contributed by atoms with E-state index in [1.54, 1.807) is 6.08 Å². The molecule has 0 amide bonds. The van der Waals surface area contributed by atoms with Crippen LogP contribution in [0.4, 0.5) is 17.1 Å². The molecule has 0 aromatic heterocycles. The Hall–Kier alpha value is -3.32. The minimum atomic E-state index is 0.488. The molecule has 0 saturated heterocycles. The molecule has 0 heterocycles. The molecular formula is C21H22N4. The van der Waals surface area contributed by atoms with Gasteiger partial charge < -0.3 is 9.80 Å². The maximum atomic E-state index is 9.59. The van der Waals surface area contributed by atoms with Crippen molar-refractivity contribution in [2.24, 2.45) is 4.99 Å². The fourth-order valence-corrected chi connectivity index (χ4v) is 2.68. The van der Waals surface area contributed by atoms with Crippen molar-refractivity contribution >= 4 is 29.5 Å². The summed E-state index contributed by atoms with van der Waals surface area (Å²) in [4.78, 5) is 8.11. The van der Waals surface area contributed by atoms with Crippen LogP contribution in [0, 0.1) is 11.3 Å². The highest BCUT2D eigenvalue weighted by molar-refractivity contribution is 5.84. The number of allylic oxidation sites excluding steroid dienone is 2. The fraction of sp³-hybridized carbons (Fsp3) is 0.143. The highest BCUT2D eigenvalue weighted by Crippen LogP contribution is 2.38. The topological polar surface area (TPSA) is 42.6 Å². The summed E-state index contributed by atoms with van der Waals surface area (Å²) in [6, 6.07) is 16.0. The molecule has 0 N–H and O–H groups in total. The third-order valence-corrected chi connectivity index (χ3v) is 3.93. The zero-order valence-corrected chi connectivity index (χ0v) is 14.9. The second kappa shape index (κ2) is 7.98. The van der Waals surface area contributed by atoms with Gasteiger partial charge in [-0.1, -0.05) is 30.9 Å². The summed E-state index contributed by atoms with van der Waals surface area (Å²) in [6.45, 7) is 7.44. The van der Waals surface area contributed by atoms with Crippen molar-refractivity contribution in [2.45, 2.75) is 0 Å². The van der Waals surface area contributed by atoms with Gasteiger partial charge in [0.15, 0.2) is 0 Å². The van der Waals surface area contributed by atoms with Crippen LogP contribution in [0.5, 0.6) is 0 Å². The van der Waals surface area contributed by atoms with Crippen molar-refractivity contribution < 1.29 is 0 Å². The van der Waals surface area contributed by atoms with Crippen molar-refractivity contribution in [3.8, 4) is 6.07 Å². The molecule has 0 aliphatic carbocycles. The van der Waals surface area contributed by atoms with Crippen LogP contribution in [0.1, 0.15) is 11.1 Å². The number of benzene rings is 2. The van der Waals surface area contributed by atoms with Gasteiger partial charge in [0.05, 0.1) is 11.3 Å². The average molecular weight is 330 g/mol. The lowest BCUT2D eigenvalue weighted by molar-refractivity contribution is 0.592. The van der Waals surface area contributed by atoms with Gasteiger partial charge in [0.25, 0.3) is 0 Å². The van der Waals surface area contributed by atoms with E-state index in [4.69, 9.17) is 0 Å². The second-order valence-electron chi connectivity index (χ2n) is 5.74. The molecule has 2 aromatic rings. The van der Waals surface area contributed by atoms with E-state index in [1.165, 1.54) is 0 Å². The first kappa shape index (κ1) is 18.0. The van der Waals surface area contributed by atoms with E-state index >= 15 is 0 Å². The molecule has 0 aliphatic heterocycles. The van der Waals surface area contributed by atoms with E-state index in [1.807, 2.05) is 79.5 Å². The van der Waals surface area contributed by atoms with E-state index in [9.17, 15) is 5.26 Å². The van der Waals surface area contributed by atoms with E-state index in [0.29, 0.717) is 11.3 Å². The van der Waals surface area contributed by atoms with Crippen molar-refractivity contribution in [2.75, 3.05) is 26.0 Å². The average Bonchev–Trinajstić information content (AvgIpc) is 2.64. The Morgan fingerprint density at radius 3 is 2.36 bits per heavy atom. The fourth-order valence-electron chi connectivity index (χ4n) is 2.68. The second-order valence-corrected chi connectivity index (χ2v) is 5.74. The highest BCUT2D eigenvalue weighted by Gasteiger charge is 2.16. The molecule has 0 spiro atoms. The van der Waals surface area contributed by atoms with Crippen LogP contribution < -0.4 is 4.90 Å². The lowest BCUT2D eigenvalue weighted by atomic mass is 10.0. The van der Waals surface area contributed by atoms with Crippen LogP contribution >= 0.6 is 0 Å². The van der Waals surface area contributed by atoms with Gasteiger partial charge in [-0.15, -0.1) is 0 Å². The molecule has 2 rings (SSSR count). The van der Waals surface area contributed by atoms with E-state index in [0.717, 1.165) is 22.6 Å². The van der Waals surface area contributed by atoms with Crippen LogP contribution in [-0.4, -0.2) is 32.8 Å². The Balaban J connectivity index is 2.72. The number of hydrogen-bond donors (Lipinski definition) is 0. The van der Waals surface area contributed by atoms with Gasteiger partial charge in [0, 0.05) is 38.1 Å². The van der Waals surface area contributed by atoms with E-state index in [2.05, 4.69) is 24.4 Å². The summed E-state index contributed by atoms with van der Waals surface area (Å²) >= 11 is 0. The third kappa shape index (κ3) is 3.78. The number of rotatable bonds is 6. The summed E-state index contributed by atoms with van der Waals surface area (Å²) in [5.74, 6) is 0. The largest absolute Gasteiger partial charge is 0.377 e. The standard InChI is InChI=1S/C21H22N4/c1-6-10-19(24(3)4)16-13-17(15-22)21(23-2)20(14-16)25(5)18-11-8-7-9-12-18/h6-14H,1-2H2,3-5H3/b19-10-. The number of nitriles is 1. The predicted octanol–water partition coefficient (Wildman–Crippen LogP) is 4.75. The Labute approximate surface area is 149 Å². The van der Waals surface area contributed by atoms with Crippen molar-refractivity contribution in [3.63, 3.8) is 0 Å². The lowest BCUT2D eigenvalue weighted by Gasteiger charge is -2.24. The molecule has 0 aliphatic rings. The summed E-state index contributed by atoms with van der Waals surface area (Å²) in [5, 5.41) is 9.59. The molecule has 4 heteroatoms. The predicted molar refractivity (Wildman–Crippen MR) is 107 cm³/mol. The minimum Gasteiger partial charge on any atom is -0.377 e. The number of nitrogens with zero attached hydrogens (tertiary/aromatic N) is 4. The molecule has 0 atom stereocenters. The van der Waals surface area contributed by atoms with Gasteiger partial charge in [-0.25, -0.2) is 0 Å². The number of anilines is 2. The molecule has 25 heavy (non-hydrogen) atoms. The first-order valence-electron chi connectivity index (χ1n) is 7.87. The van der Waals surface area contributed by atoms with Gasteiger partial charge >= 0.3 is 0 Å². The zero-order valence-electron chi connectivity index (χ0n) is 14.9. The first-order valence-corrected chi connectivity index (χ1v) is 7.87. The maximum absolute atomic E-state index is 9.59. The summed E-state index contributed by atoms with van der Waals surface area (Å²) in [6.07, 6.45) is 3.66. The van der Waals surface area contributed by atoms with Gasteiger partial charge in [-0.2, -0.15) is 5.26 Å². The highest BCUT2D eigenvalue weighted by atomic mass is 15.1. The number of para-hydroxylation sites is 1. The molecule has 2 aromatic carbocycles. The van der Waals surface area contributed by atoms with Crippen LogP contribution in [-0.2, 0) is 0 Å². The third-order valence-electron chi connectivity index (χ3n) is 3.93. The summed E-state index contributed by atoms with van der Waals surface area (Å²) in [7, 11) is 5.88. The van der Waals surface area contributed by atoms with E-state index < -0.39 is 0 Å². The van der Waals surface area contributed by atoms with Crippen molar-refractivity contribution in [1.82, 2.24) is 4.90 Å². The van der Waals surface area contributed by atoms with E-state index in [-0.39, 0.29) is 0 Å². The smallest absolute Gasteiger partial charge is 0.104 e. The molecule has 126 valence electrons. The molecule has 4 nitrogen and oxygen atoms in total. The molecule has 0 bridgehead atoms. The normalized spacial score (nSPS) is 10.7. The van der Waals surface area contributed by atoms with Crippen molar-refractivity contribution in [3.05, 3.63) is 72.3 Å². The first-order chi connectivity index (χ1) is 12.0. The quantitative estimate of drug-likeness (QED) is 0.567. The molecule has 0 saturated carbocycles. The van der Waals surface area contributed by atoms with Crippen LogP contribution in [0.2, 0.25) is 0 Å². The van der Waals surface area contributed by atoms with Gasteiger partial charge in [0.1, 0.15) is 11.8 Å².